The molecule has 104 valence electrons. The maximum Gasteiger partial charge on any atom is 0.311 e. The van der Waals surface area contributed by atoms with E-state index in [-0.39, 0.29) is 10.9 Å². The van der Waals surface area contributed by atoms with Gasteiger partial charge >= 0.3 is 5.97 Å². The first-order valence-corrected chi connectivity index (χ1v) is 6.11. The normalized spacial score (nSPS) is 11.9. The predicted octanol–water partition coefficient (Wildman–Crippen LogP) is 2.79. The summed E-state index contributed by atoms with van der Waals surface area (Å²) in [5.74, 6) is -1.53. The maximum absolute atomic E-state index is 11.4. The van der Waals surface area contributed by atoms with E-state index in [1.54, 1.807) is 36.4 Å². The van der Waals surface area contributed by atoms with Crippen molar-refractivity contribution in [3.8, 4) is 0 Å². The van der Waals surface area contributed by atoms with Gasteiger partial charge in [0.25, 0.3) is 0 Å². The van der Waals surface area contributed by atoms with Gasteiger partial charge in [-0.25, -0.2) is 0 Å². The van der Waals surface area contributed by atoms with Gasteiger partial charge in [0.1, 0.15) is 0 Å². The van der Waals surface area contributed by atoms with Crippen molar-refractivity contribution >= 4 is 11.7 Å². The minimum Gasteiger partial charge on any atom is -0.733 e. The summed E-state index contributed by atoms with van der Waals surface area (Å²) in [4.78, 5) is 11.4. The van der Waals surface area contributed by atoms with Crippen molar-refractivity contribution in [2.45, 2.75) is 12.3 Å². The number of anilines is 1. The van der Waals surface area contributed by atoms with Crippen LogP contribution < -0.4 is 5.23 Å². The lowest BCUT2D eigenvalue weighted by atomic mass is 9.92. The molecular weight excluding hydrogens is 258 g/mol. The average Bonchev–Trinajstić information content (AvgIpc) is 2.46. The van der Waals surface area contributed by atoms with E-state index in [4.69, 9.17) is 5.21 Å². The van der Waals surface area contributed by atoms with Crippen LogP contribution >= 0.6 is 0 Å². The highest BCUT2D eigenvalue weighted by Crippen LogP contribution is 2.22. The maximum atomic E-state index is 11.4. The molecule has 0 saturated heterocycles. The Hall–Kier alpha value is -2.37. The summed E-state index contributed by atoms with van der Waals surface area (Å²) in [6.07, 6.45) is 0.323. The topological polar surface area (TPSA) is 83.8 Å². The molecule has 0 radical (unpaired) electrons. The van der Waals surface area contributed by atoms with Crippen LogP contribution in [0.3, 0.4) is 0 Å². The van der Waals surface area contributed by atoms with Crippen LogP contribution in [0.2, 0.25) is 0 Å². The molecule has 2 N–H and O–H groups in total. The van der Waals surface area contributed by atoms with Gasteiger partial charge in [0, 0.05) is 0 Å². The Balaban J connectivity index is 2.19. The Morgan fingerprint density at radius 1 is 1.10 bits per heavy atom. The lowest BCUT2D eigenvalue weighted by molar-refractivity contribution is -0.138. The first-order chi connectivity index (χ1) is 9.58. The fourth-order valence-electron chi connectivity index (χ4n) is 2.03. The van der Waals surface area contributed by atoms with Gasteiger partial charge in [-0.3, -0.25) is 10.0 Å². The van der Waals surface area contributed by atoms with Gasteiger partial charge in [-0.05, 0) is 29.7 Å². The minimum atomic E-state index is -0.895. The molecule has 0 aliphatic heterocycles. The number of hydrogen-bond donors (Lipinski definition) is 2. The summed E-state index contributed by atoms with van der Waals surface area (Å²) in [6, 6.07) is 15.2. The molecule has 0 bridgehead atoms. The van der Waals surface area contributed by atoms with Gasteiger partial charge in [0.05, 0.1) is 11.6 Å². The monoisotopic (exact) mass is 272 g/mol. The molecule has 1 atom stereocenters. The van der Waals surface area contributed by atoms with Crippen molar-refractivity contribution < 1.29 is 15.1 Å². The molecule has 0 aliphatic carbocycles. The van der Waals surface area contributed by atoms with Crippen molar-refractivity contribution in [1.82, 2.24) is 0 Å². The van der Waals surface area contributed by atoms with E-state index in [1.165, 1.54) is 12.1 Å². The lowest BCUT2D eigenvalue weighted by Gasteiger charge is -2.21. The molecule has 0 unspecified atom stereocenters. The number of aliphatic carboxylic acids is 1. The van der Waals surface area contributed by atoms with Gasteiger partial charge in [-0.2, -0.15) is 0 Å². The van der Waals surface area contributed by atoms with Gasteiger partial charge in [0.15, 0.2) is 0 Å². The number of carboxylic acids is 1. The zero-order valence-corrected chi connectivity index (χ0v) is 10.6. The molecule has 20 heavy (non-hydrogen) atoms. The third-order valence-electron chi connectivity index (χ3n) is 3.10. The second kappa shape index (κ2) is 6.18. The van der Waals surface area contributed by atoms with Crippen LogP contribution in [-0.4, -0.2) is 16.3 Å². The molecule has 2 aromatic rings. The van der Waals surface area contributed by atoms with Crippen molar-refractivity contribution in [1.29, 1.82) is 0 Å². The quantitative estimate of drug-likeness (QED) is 0.818. The van der Waals surface area contributed by atoms with Crippen LogP contribution in [-0.2, 0) is 11.2 Å². The second-order valence-electron chi connectivity index (χ2n) is 4.45. The molecule has 2 aromatic carbocycles. The molecule has 5 heteroatoms. The van der Waals surface area contributed by atoms with E-state index in [1.807, 2.05) is 6.07 Å². The van der Waals surface area contributed by atoms with Crippen LogP contribution in [0, 0.1) is 5.21 Å². The van der Waals surface area contributed by atoms with E-state index in [9.17, 15) is 15.1 Å². The lowest BCUT2D eigenvalue weighted by Crippen LogP contribution is -2.14. The third-order valence-corrected chi connectivity index (χ3v) is 3.10. The average molecular weight is 272 g/mol. The number of hydrogen-bond acceptors (Lipinski definition) is 4. The number of rotatable bonds is 5. The molecule has 0 fully saturated rings. The van der Waals surface area contributed by atoms with Crippen molar-refractivity contribution in [2.24, 2.45) is 0 Å². The van der Waals surface area contributed by atoms with Crippen LogP contribution in [0.4, 0.5) is 5.69 Å². The second-order valence-corrected chi connectivity index (χ2v) is 4.45. The van der Waals surface area contributed by atoms with Crippen molar-refractivity contribution in [2.75, 3.05) is 5.23 Å². The van der Waals surface area contributed by atoms with Crippen molar-refractivity contribution in [3.63, 3.8) is 0 Å². The zero-order valence-electron chi connectivity index (χ0n) is 10.6. The molecule has 0 aliphatic rings. The van der Waals surface area contributed by atoms with E-state index < -0.39 is 11.9 Å². The van der Waals surface area contributed by atoms with E-state index >= 15 is 0 Å². The summed E-state index contributed by atoms with van der Waals surface area (Å²) in [7, 11) is 0. The van der Waals surface area contributed by atoms with E-state index in [0.717, 1.165) is 11.1 Å². The van der Waals surface area contributed by atoms with Crippen LogP contribution in [0.25, 0.3) is 0 Å². The summed E-state index contributed by atoms with van der Waals surface area (Å²) in [5, 5.41) is 28.5. The zero-order chi connectivity index (χ0) is 14.5. The molecule has 2 rings (SSSR count). The van der Waals surface area contributed by atoms with Gasteiger partial charge < -0.3 is 15.5 Å². The number of carbonyl (C=O) groups is 1. The fourth-order valence-corrected chi connectivity index (χ4v) is 2.03. The Morgan fingerprint density at radius 2 is 1.70 bits per heavy atom. The Kier molecular flexibility index (Phi) is 4.34. The highest BCUT2D eigenvalue weighted by molar-refractivity contribution is 5.76. The van der Waals surface area contributed by atoms with Crippen LogP contribution in [0.1, 0.15) is 17.0 Å². The summed E-state index contributed by atoms with van der Waals surface area (Å²) in [6.45, 7) is 0. The van der Waals surface area contributed by atoms with E-state index in [2.05, 4.69) is 0 Å². The summed E-state index contributed by atoms with van der Waals surface area (Å²) < 4.78 is 0. The first kappa shape index (κ1) is 14.0. The number of nitrogens with zero attached hydrogens (tertiary/aromatic N) is 1. The van der Waals surface area contributed by atoms with Gasteiger partial charge in [0.2, 0.25) is 0 Å². The van der Waals surface area contributed by atoms with Crippen LogP contribution in [0.15, 0.2) is 54.6 Å². The number of carboxylic acid groups (broad SMARTS) is 1. The highest BCUT2D eigenvalue weighted by Gasteiger charge is 2.19. The SMILES string of the molecule is O=C(O)[C@H](Cc1ccc(N([O-])O)cc1)c1ccccc1. The highest BCUT2D eigenvalue weighted by atomic mass is 16.8. The molecule has 0 heterocycles. The van der Waals surface area contributed by atoms with Gasteiger partial charge in [-0.15, -0.1) is 0 Å². The standard InChI is InChI=1S/C15H14NO4/c17-15(18)14(12-4-2-1-3-5-12)10-11-6-8-13(9-7-11)16(19)20/h1-9,14,19H,10H2,(H,17,18)/q-1/t14-/m1/s1. The Bertz CT molecular complexity index is 566. The van der Waals surface area contributed by atoms with Crippen LogP contribution in [0.5, 0.6) is 0 Å². The smallest absolute Gasteiger partial charge is 0.311 e. The molecular formula is C15H14NO4-. The predicted molar refractivity (Wildman–Crippen MR) is 74.6 cm³/mol. The van der Waals surface area contributed by atoms with Crippen molar-refractivity contribution in [3.05, 3.63) is 70.9 Å². The Morgan fingerprint density at radius 3 is 2.20 bits per heavy atom. The molecule has 0 amide bonds. The molecule has 0 saturated carbocycles. The summed E-state index contributed by atoms with van der Waals surface area (Å²) in [5.41, 5.74) is 1.63. The number of benzene rings is 2. The molecule has 5 nitrogen and oxygen atoms in total. The fraction of sp³-hybridized carbons (Fsp3) is 0.133. The third kappa shape index (κ3) is 3.34. The minimum absolute atomic E-state index is 0.111. The largest absolute Gasteiger partial charge is 0.733 e. The van der Waals surface area contributed by atoms with Gasteiger partial charge in [-0.1, -0.05) is 42.5 Å². The summed E-state index contributed by atoms with van der Waals surface area (Å²) >= 11 is 0. The van der Waals surface area contributed by atoms with E-state index in [0.29, 0.717) is 6.42 Å². The Labute approximate surface area is 116 Å². The molecule has 0 spiro atoms. The first-order valence-electron chi connectivity index (χ1n) is 6.11. The molecule has 0 aromatic heterocycles.